The molecule has 4 heterocycles. The first-order chi connectivity index (χ1) is 20.2. The lowest BCUT2D eigenvalue weighted by atomic mass is 9.81. The SMILES string of the molecule is [C-]#[N+]C[C@H]1CN(c2nc(OC[C@@H]3CCCN3C)nc3c2CN(C)C2(CCc4ccc(F)cc42)C3)CCN1C(=O)C(=C)F. The van der Waals surface area contributed by atoms with E-state index in [4.69, 9.17) is 21.3 Å². The van der Waals surface area contributed by atoms with Crippen LogP contribution in [-0.2, 0) is 29.7 Å². The molecule has 2 fully saturated rings. The molecule has 0 bridgehead atoms. The number of ether oxygens (including phenoxy) is 1. The van der Waals surface area contributed by atoms with Gasteiger partial charge in [0, 0.05) is 44.2 Å². The third-order valence-electron chi connectivity index (χ3n) is 9.67. The first kappa shape index (κ1) is 28.5. The number of benzene rings is 1. The third kappa shape index (κ3) is 5.01. The predicted octanol–water partition coefficient (Wildman–Crippen LogP) is 3.34. The molecule has 0 radical (unpaired) electrons. The van der Waals surface area contributed by atoms with Gasteiger partial charge >= 0.3 is 6.01 Å². The van der Waals surface area contributed by atoms with Crippen LogP contribution in [0.1, 0.15) is 41.6 Å². The largest absolute Gasteiger partial charge is 0.462 e. The molecule has 0 N–H and O–H groups in total. The van der Waals surface area contributed by atoms with Gasteiger partial charge in [-0.1, -0.05) is 12.6 Å². The molecule has 11 heteroatoms. The van der Waals surface area contributed by atoms with Gasteiger partial charge in [-0.15, -0.1) is 0 Å². The number of halogens is 2. The molecular formula is C31H37F2N7O2. The van der Waals surface area contributed by atoms with Crippen molar-refractivity contribution in [2.45, 2.75) is 56.3 Å². The van der Waals surface area contributed by atoms with Crippen LogP contribution in [-0.4, -0.2) is 96.1 Å². The van der Waals surface area contributed by atoms with Gasteiger partial charge in [0.05, 0.1) is 11.2 Å². The summed E-state index contributed by atoms with van der Waals surface area (Å²) < 4.78 is 34.5. The normalized spacial score (nSPS) is 25.8. The van der Waals surface area contributed by atoms with Crippen molar-refractivity contribution in [1.82, 2.24) is 24.7 Å². The molecule has 1 aromatic heterocycles. The van der Waals surface area contributed by atoms with E-state index in [-0.39, 0.29) is 24.4 Å². The number of rotatable bonds is 6. The number of fused-ring (bicyclic) bond motifs is 3. The van der Waals surface area contributed by atoms with Gasteiger partial charge in [0.25, 0.3) is 5.91 Å². The molecule has 222 valence electrons. The van der Waals surface area contributed by atoms with Crippen LogP contribution in [0.15, 0.2) is 30.6 Å². The lowest BCUT2D eigenvalue weighted by Gasteiger charge is -2.46. The van der Waals surface area contributed by atoms with E-state index in [2.05, 4.69) is 40.2 Å². The van der Waals surface area contributed by atoms with E-state index in [9.17, 15) is 13.6 Å². The van der Waals surface area contributed by atoms with E-state index < -0.39 is 17.8 Å². The first-order valence-electron chi connectivity index (χ1n) is 14.7. The zero-order chi connectivity index (χ0) is 29.6. The Bertz CT molecular complexity index is 1450. The maximum atomic E-state index is 14.5. The quantitative estimate of drug-likeness (QED) is 0.386. The van der Waals surface area contributed by atoms with Gasteiger partial charge in [0.1, 0.15) is 24.3 Å². The minimum absolute atomic E-state index is 0.0472. The Morgan fingerprint density at radius 3 is 2.81 bits per heavy atom. The summed E-state index contributed by atoms with van der Waals surface area (Å²) in [6.07, 6.45) is 4.51. The topological polar surface area (TPSA) is 69.4 Å². The molecule has 3 aliphatic heterocycles. The molecule has 42 heavy (non-hydrogen) atoms. The molecule has 1 unspecified atom stereocenters. The first-order valence-corrected chi connectivity index (χ1v) is 14.7. The van der Waals surface area contributed by atoms with Crippen molar-refractivity contribution in [3.8, 4) is 6.01 Å². The van der Waals surface area contributed by atoms with Gasteiger partial charge in [-0.25, -0.2) is 15.4 Å². The average Bonchev–Trinajstić information content (AvgIpc) is 3.55. The Morgan fingerprint density at radius 1 is 1.24 bits per heavy atom. The van der Waals surface area contributed by atoms with Crippen molar-refractivity contribution < 1.29 is 18.3 Å². The summed E-state index contributed by atoms with van der Waals surface area (Å²) >= 11 is 0. The number of amides is 1. The summed E-state index contributed by atoms with van der Waals surface area (Å²) in [4.78, 5) is 34.0. The van der Waals surface area contributed by atoms with Crippen LogP contribution in [0.5, 0.6) is 6.01 Å². The molecule has 1 amide bonds. The summed E-state index contributed by atoms with van der Waals surface area (Å²) in [6.45, 7) is 13.7. The average molecular weight is 578 g/mol. The van der Waals surface area contributed by atoms with E-state index >= 15 is 0 Å². The summed E-state index contributed by atoms with van der Waals surface area (Å²) in [5.41, 5.74) is 3.65. The van der Waals surface area contributed by atoms with Gasteiger partial charge < -0.3 is 24.3 Å². The highest BCUT2D eigenvalue weighted by atomic mass is 19.1. The van der Waals surface area contributed by atoms with E-state index in [1.807, 2.05) is 6.07 Å². The predicted molar refractivity (Wildman–Crippen MR) is 154 cm³/mol. The maximum Gasteiger partial charge on any atom is 0.318 e. The zero-order valence-electron chi connectivity index (χ0n) is 24.3. The number of carbonyl (C=O) groups excluding carboxylic acids is 1. The molecule has 1 aliphatic carbocycles. The molecule has 1 aromatic carbocycles. The zero-order valence-corrected chi connectivity index (χ0v) is 24.3. The number of likely N-dealkylation sites (N-methyl/N-ethyl adjacent to an activating group) is 2. The molecule has 2 aromatic rings. The second kappa shape index (κ2) is 11.2. The van der Waals surface area contributed by atoms with E-state index in [1.165, 1.54) is 16.5 Å². The number of likely N-dealkylation sites (tertiary alicyclic amines) is 1. The fourth-order valence-electron chi connectivity index (χ4n) is 7.28. The fraction of sp³-hybridized carbons (Fsp3) is 0.548. The van der Waals surface area contributed by atoms with Crippen LogP contribution in [0.2, 0.25) is 0 Å². The van der Waals surface area contributed by atoms with Crippen LogP contribution in [0.25, 0.3) is 4.85 Å². The Labute approximate surface area is 245 Å². The minimum Gasteiger partial charge on any atom is -0.462 e. The third-order valence-corrected chi connectivity index (χ3v) is 9.67. The van der Waals surface area contributed by atoms with Crippen molar-refractivity contribution >= 4 is 11.7 Å². The van der Waals surface area contributed by atoms with E-state index in [1.54, 1.807) is 6.07 Å². The number of anilines is 1. The molecule has 4 aliphatic rings. The van der Waals surface area contributed by atoms with Gasteiger partial charge in [-0.05, 0) is 69.6 Å². The highest BCUT2D eigenvalue weighted by Crippen LogP contribution is 2.48. The number of aryl methyl sites for hydroxylation is 1. The van der Waals surface area contributed by atoms with Gasteiger partial charge in [0.2, 0.25) is 6.54 Å². The Hall–Kier alpha value is -3.62. The van der Waals surface area contributed by atoms with Gasteiger partial charge in [-0.3, -0.25) is 9.69 Å². The second-order valence-corrected chi connectivity index (χ2v) is 12.1. The Balaban J connectivity index is 1.36. The number of aromatic nitrogens is 2. The lowest BCUT2D eigenvalue weighted by Crippen LogP contribution is -2.57. The van der Waals surface area contributed by atoms with Crippen LogP contribution >= 0.6 is 0 Å². The van der Waals surface area contributed by atoms with E-state index in [0.717, 1.165) is 54.9 Å². The summed E-state index contributed by atoms with van der Waals surface area (Å²) in [5.74, 6) is -1.32. The lowest BCUT2D eigenvalue weighted by molar-refractivity contribution is -0.131. The summed E-state index contributed by atoms with van der Waals surface area (Å²) in [5, 5.41) is 0. The summed E-state index contributed by atoms with van der Waals surface area (Å²) in [6, 6.07) is 5.19. The van der Waals surface area contributed by atoms with Crippen molar-refractivity contribution in [3.63, 3.8) is 0 Å². The summed E-state index contributed by atoms with van der Waals surface area (Å²) in [7, 11) is 4.17. The Morgan fingerprint density at radius 2 is 2.07 bits per heavy atom. The molecule has 1 spiro atoms. The molecule has 2 saturated heterocycles. The fourth-order valence-corrected chi connectivity index (χ4v) is 7.28. The minimum atomic E-state index is -1.02. The molecule has 0 saturated carbocycles. The monoisotopic (exact) mass is 577 g/mol. The highest BCUT2D eigenvalue weighted by Gasteiger charge is 2.47. The standard InChI is InChI=1S/C31H37F2N7O2/c1-20(32)29(41)40-13-12-39(17-24(40)16-34-2)28-25-18-38(4)31(10-9-21-7-8-22(33)14-26(21)31)15-27(25)35-30(36-28)42-19-23-6-5-11-37(23)3/h7-8,14,23-24H,1,5-6,9-13,15-19H2,3-4H3/t23-,24-,31?/m0/s1. The number of piperazine rings is 1. The Kier molecular flexibility index (Phi) is 7.62. The van der Waals surface area contributed by atoms with Crippen LogP contribution < -0.4 is 9.64 Å². The number of hydrogen-bond donors (Lipinski definition) is 0. The van der Waals surface area contributed by atoms with Crippen LogP contribution in [0.3, 0.4) is 0 Å². The van der Waals surface area contributed by atoms with Crippen molar-refractivity contribution in [2.24, 2.45) is 0 Å². The van der Waals surface area contributed by atoms with Crippen molar-refractivity contribution in [1.29, 1.82) is 0 Å². The van der Waals surface area contributed by atoms with Gasteiger partial charge in [-0.2, -0.15) is 9.97 Å². The van der Waals surface area contributed by atoms with Crippen LogP contribution in [0, 0.1) is 12.4 Å². The van der Waals surface area contributed by atoms with Crippen molar-refractivity contribution in [3.05, 3.63) is 70.2 Å². The second-order valence-electron chi connectivity index (χ2n) is 12.1. The molecule has 6 rings (SSSR count). The number of carbonyl (C=O) groups is 1. The molecule has 3 atom stereocenters. The van der Waals surface area contributed by atoms with Crippen molar-refractivity contribution in [2.75, 3.05) is 58.3 Å². The maximum absolute atomic E-state index is 14.5. The molecular weight excluding hydrogens is 540 g/mol. The number of hydrogen-bond acceptors (Lipinski definition) is 7. The van der Waals surface area contributed by atoms with E-state index in [0.29, 0.717) is 44.7 Å². The number of nitrogens with zero attached hydrogens (tertiary/aromatic N) is 7. The highest BCUT2D eigenvalue weighted by molar-refractivity contribution is 5.91. The molecule has 9 nitrogen and oxygen atoms in total. The van der Waals surface area contributed by atoms with Crippen LogP contribution in [0.4, 0.5) is 14.6 Å². The van der Waals surface area contributed by atoms with Gasteiger partial charge in [0.15, 0.2) is 5.83 Å². The smallest absolute Gasteiger partial charge is 0.318 e.